The largest absolute Gasteiger partial charge is 0.441 e. The molecule has 0 aliphatic carbocycles. The van der Waals surface area contributed by atoms with Crippen molar-refractivity contribution in [1.82, 2.24) is 19.9 Å². The van der Waals surface area contributed by atoms with Crippen molar-refractivity contribution in [2.75, 3.05) is 31.1 Å². The summed E-state index contributed by atoms with van der Waals surface area (Å²) < 4.78 is 32.7. The van der Waals surface area contributed by atoms with Gasteiger partial charge >= 0.3 is 0 Å². The number of nitrogens with zero attached hydrogens (tertiary/aromatic N) is 5. The lowest BCUT2D eigenvalue weighted by molar-refractivity contribution is 0.245. The molecular weight excluding hydrogens is 376 g/mol. The Morgan fingerprint density at radius 2 is 1.66 bits per heavy atom. The summed E-state index contributed by atoms with van der Waals surface area (Å²) in [6.07, 6.45) is 1.78. The van der Waals surface area contributed by atoms with Gasteiger partial charge in [0.15, 0.2) is 0 Å². The number of benzene rings is 1. The van der Waals surface area contributed by atoms with Crippen LogP contribution in [0.5, 0.6) is 0 Å². The van der Waals surface area contributed by atoms with Crippen LogP contribution in [0.15, 0.2) is 28.8 Å². The van der Waals surface area contributed by atoms with E-state index in [0.29, 0.717) is 17.9 Å². The number of anilines is 1. The van der Waals surface area contributed by atoms with Gasteiger partial charge in [-0.3, -0.25) is 9.88 Å². The Kier molecular flexibility index (Phi) is 5.27. The number of oxazole rings is 1. The Labute approximate surface area is 168 Å². The lowest BCUT2D eigenvalue weighted by atomic mass is 10.2. The Bertz CT molecular complexity index is 1010. The summed E-state index contributed by atoms with van der Waals surface area (Å²) in [5, 5.41) is 0. The lowest BCUT2D eigenvalue weighted by Gasteiger charge is -2.35. The number of hydrogen-bond acceptors (Lipinski definition) is 6. The van der Waals surface area contributed by atoms with Gasteiger partial charge in [0, 0.05) is 50.6 Å². The first-order valence-electron chi connectivity index (χ1n) is 9.59. The second-order valence-corrected chi connectivity index (χ2v) is 7.36. The highest BCUT2D eigenvalue weighted by molar-refractivity contribution is 5.54. The van der Waals surface area contributed by atoms with Crippen molar-refractivity contribution in [3.63, 3.8) is 0 Å². The molecule has 0 saturated carbocycles. The summed E-state index contributed by atoms with van der Waals surface area (Å²) in [4.78, 5) is 18.1. The highest BCUT2D eigenvalue weighted by Crippen LogP contribution is 2.25. The first-order chi connectivity index (χ1) is 13.9. The van der Waals surface area contributed by atoms with Gasteiger partial charge in [0.2, 0.25) is 5.89 Å². The quantitative estimate of drug-likeness (QED) is 0.667. The summed E-state index contributed by atoms with van der Waals surface area (Å²) >= 11 is 0. The molecule has 6 nitrogen and oxygen atoms in total. The molecule has 152 valence electrons. The van der Waals surface area contributed by atoms with E-state index in [2.05, 4.69) is 24.8 Å². The molecule has 0 atom stereocenters. The van der Waals surface area contributed by atoms with Crippen LogP contribution in [0.1, 0.15) is 22.8 Å². The van der Waals surface area contributed by atoms with Gasteiger partial charge in [0.25, 0.3) is 0 Å². The van der Waals surface area contributed by atoms with Crippen LogP contribution >= 0.6 is 0 Å². The smallest absolute Gasteiger partial charge is 0.226 e. The van der Waals surface area contributed by atoms with Gasteiger partial charge in [0.1, 0.15) is 23.2 Å². The summed E-state index contributed by atoms with van der Waals surface area (Å²) in [5.41, 5.74) is 2.93. The van der Waals surface area contributed by atoms with Crippen LogP contribution in [-0.4, -0.2) is 46.0 Å². The fourth-order valence-corrected chi connectivity index (χ4v) is 3.53. The molecule has 0 spiro atoms. The second kappa shape index (κ2) is 7.87. The minimum absolute atomic E-state index is 0.236. The molecule has 4 rings (SSSR count). The highest BCUT2D eigenvalue weighted by Gasteiger charge is 2.22. The van der Waals surface area contributed by atoms with E-state index in [1.807, 2.05) is 20.8 Å². The molecule has 0 bridgehead atoms. The Morgan fingerprint density at radius 1 is 0.966 bits per heavy atom. The van der Waals surface area contributed by atoms with Crippen LogP contribution in [-0.2, 0) is 6.54 Å². The van der Waals surface area contributed by atoms with Crippen LogP contribution in [0.4, 0.5) is 14.6 Å². The minimum Gasteiger partial charge on any atom is -0.441 e. The van der Waals surface area contributed by atoms with Crippen molar-refractivity contribution in [2.45, 2.75) is 27.3 Å². The van der Waals surface area contributed by atoms with Crippen LogP contribution in [0, 0.1) is 32.4 Å². The van der Waals surface area contributed by atoms with Crippen molar-refractivity contribution >= 4 is 5.82 Å². The third-order valence-corrected chi connectivity index (χ3v) is 5.10. The number of hydrogen-bond donors (Lipinski definition) is 0. The number of rotatable bonds is 4. The van der Waals surface area contributed by atoms with Crippen molar-refractivity contribution in [1.29, 1.82) is 0 Å². The lowest BCUT2D eigenvalue weighted by Crippen LogP contribution is -2.46. The maximum absolute atomic E-state index is 13.5. The zero-order valence-electron chi connectivity index (χ0n) is 16.7. The Hall–Kier alpha value is -2.87. The normalized spacial score (nSPS) is 15.1. The molecule has 2 aromatic heterocycles. The molecule has 29 heavy (non-hydrogen) atoms. The van der Waals surface area contributed by atoms with Gasteiger partial charge in [-0.2, -0.15) is 0 Å². The molecule has 0 unspecified atom stereocenters. The molecule has 0 N–H and O–H groups in total. The van der Waals surface area contributed by atoms with E-state index < -0.39 is 11.6 Å². The van der Waals surface area contributed by atoms with Gasteiger partial charge in [-0.05, 0) is 32.9 Å². The van der Waals surface area contributed by atoms with E-state index in [4.69, 9.17) is 4.42 Å². The van der Waals surface area contributed by atoms with E-state index in [0.717, 1.165) is 55.1 Å². The fraction of sp³-hybridized carbons (Fsp3) is 0.381. The summed E-state index contributed by atoms with van der Waals surface area (Å²) in [6.45, 7) is 9.76. The molecule has 0 radical (unpaired) electrons. The first kappa shape index (κ1) is 19.4. The molecule has 3 heterocycles. The molecule has 1 aliphatic rings. The molecule has 0 amide bonds. The molecule has 1 aliphatic heterocycles. The van der Waals surface area contributed by atoms with E-state index in [9.17, 15) is 8.78 Å². The topological polar surface area (TPSA) is 58.3 Å². The van der Waals surface area contributed by atoms with E-state index >= 15 is 0 Å². The van der Waals surface area contributed by atoms with Crippen LogP contribution in [0.2, 0.25) is 0 Å². The first-order valence-corrected chi connectivity index (χ1v) is 9.59. The molecule has 8 heteroatoms. The second-order valence-electron chi connectivity index (χ2n) is 7.36. The maximum atomic E-state index is 13.5. The van der Waals surface area contributed by atoms with Gasteiger partial charge < -0.3 is 9.32 Å². The monoisotopic (exact) mass is 399 g/mol. The molecule has 3 aromatic rings. The van der Waals surface area contributed by atoms with Gasteiger partial charge in [-0.1, -0.05) is 0 Å². The summed E-state index contributed by atoms with van der Waals surface area (Å²) in [7, 11) is 0. The van der Waals surface area contributed by atoms with Crippen molar-refractivity contribution < 1.29 is 13.2 Å². The minimum atomic E-state index is -0.650. The van der Waals surface area contributed by atoms with E-state index in [-0.39, 0.29) is 5.89 Å². The van der Waals surface area contributed by atoms with Crippen LogP contribution < -0.4 is 4.90 Å². The molecule has 1 saturated heterocycles. The number of halogens is 2. The number of aromatic nitrogens is 3. The average molecular weight is 399 g/mol. The van der Waals surface area contributed by atoms with Crippen LogP contribution in [0.25, 0.3) is 11.5 Å². The van der Waals surface area contributed by atoms with E-state index in [1.54, 1.807) is 6.20 Å². The van der Waals surface area contributed by atoms with Gasteiger partial charge in [-0.25, -0.2) is 18.7 Å². The standard InChI is InChI=1S/C21H23F2N5O/c1-13-11-24-14(2)20(25-13)28-6-4-27(5-7-28)12-19-15(3)29-21(26-19)16-8-17(22)10-18(23)9-16/h8-11H,4-7,12H2,1-3H3. The predicted octanol–water partition coefficient (Wildman–Crippen LogP) is 3.66. The van der Waals surface area contributed by atoms with Gasteiger partial charge in [-0.15, -0.1) is 0 Å². The maximum Gasteiger partial charge on any atom is 0.226 e. The zero-order chi connectivity index (χ0) is 20.5. The molecular formula is C21H23F2N5O. The van der Waals surface area contributed by atoms with Crippen LogP contribution in [0.3, 0.4) is 0 Å². The average Bonchev–Trinajstić information content (AvgIpc) is 3.04. The third-order valence-electron chi connectivity index (χ3n) is 5.10. The molecule has 1 aromatic carbocycles. The molecule has 1 fully saturated rings. The number of piperazine rings is 1. The predicted molar refractivity (Wildman–Crippen MR) is 106 cm³/mol. The van der Waals surface area contributed by atoms with Crippen molar-refractivity contribution in [3.05, 3.63) is 58.9 Å². The number of aryl methyl sites for hydroxylation is 3. The third kappa shape index (κ3) is 4.27. The highest BCUT2D eigenvalue weighted by atomic mass is 19.1. The summed E-state index contributed by atoms with van der Waals surface area (Å²) in [5.74, 6) is 0.538. The SMILES string of the molecule is Cc1cnc(C)c(N2CCN(Cc3nc(-c4cc(F)cc(F)c4)oc3C)CC2)n1. The Morgan fingerprint density at radius 3 is 2.34 bits per heavy atom. The van der Waals surface area contributed by atoms with Gasteiger partial charge in [0.05, 0.1) is 17.1 Å². The van der Waals surface area contributed by atoms with Crippen molar-refractivity contribution in [2.24, 2.45) is 0 Å². The zero-order valence-corrected chi connectivity index (χ0v) is 16.7. The summed E-state index contributed by atoms with van der Waals surface area (Å²) in [6, 6.07) is 3.28. The van der Waals surface area contributed by atoms with E-state index in [1.165, 1.54) is 12.1 Å². The Balaban J connectivity index is 1.43. The fourth-order valence-electron chi connectivity index (χ4n) is 3.53. The van der Waals surface area contributed by atoms with Crippen molar-refractivity contribution in [3.8, 4) is 11.5 Å².